The molecule has 0 fully saturated rings. The first-order chi connectivity index (χ1) is 24.2. The minimum atomic E-state index is -1.36. The van der Waals surface area contributed by atoms with Crippen molar-refractivity contribution in [1.82, 2.24) is 0 Å². The fourth-order valence-corrected chi connectivity index (χ4v) is 5.23. The molecule has 0 heterocycles. The molecule has 51 heavy (non-hydrogen) atoms. The van der Waals surface area contributed by atoms with Crippen LogP contribution in [0.15, 0.2) is 69.9 Å². The van der Waals surface area contributed by atoms with Crippen molar-refractivity contribution in [3.63, 3.8) is 0 Å². The van der Waals surface area contributed by atoms with E-state index in [0.717, 1.165) is 51.4 Å². The highest BCUT2D eigenvalue weighted by Gasteiger charge is 2.31. The van der Waals surface area contributed by atoms with Crippen LogP contribution in [0.2, 0.25) is 0 Å². The van der Waals surface area contributed by atoms with Crippen molar-refractivity contribution in [2.75, 3.05) is 39.6 Å². The van der Waals surface area contributed by atoms with Crippen LogP contribution in [0.25, 0.3) is 0 Å². The molecule has 0 radical (unpaired) electrons. The van der Waals surface area contributed by atoms with Crippen LogP contribution in [-0.2, 0) is 14.2 Å². The van der Waals surface area contributed by atoms with Gasteiger partial charge in [-0.05, 0) is 107 Å². The molecule has 0 spiro atoms. The minimum Gasteiger partial charge on any atom is -0.394 e. The molecule has 0 aromatic rings. The third-order valence-corrected chi connectivity index (χ3v) is 8.56. The van der Waals surface area contributed by atoms with Crippen LogP contribution in [-0.4, -0.2) is 107 Å². The summed E-state index contributed by atoms with van der Waals surface area (Å²) in [6.45, 7) is 16.2. The number of aliphatic hydroxyl groups is 6. The van der Waals surface area contributed by atoms with E-state index in [1.54, 1.807) is 0 Å². The molecule has 0 rings (SSSR count). The van der Waals surface area contributed by atoms with Crippen molar-refractivity contribution >= 4 is 0 Å². The van der Waals surface area contributed by atoms with E-state index in [9.17, 15) is 30.6 Å². The molecule has 6 atom stereocenters. The molecule has 9 heteroatoms. The first kappa shape index (κ1) is 49.1. The zero-order valence-corrected chi connectivity index (χ0v) is 33.1. The predicted octanol–water partition coefficient (Wildman–Crippen LogP) is 6.82. The van der Waals surface area contributed by atoms with Crippen molar-refractivity contribution in [2.45, 2.75) is 156 Å². The van der Waals surface area contributed by atoms with Crippen LogP contribution in [0.3, 0.4) is 0 Å². The maximum absolute atomic E-state index is 10.6. The quantitative estimate of drug-likeness (QED) is 0.0347. The first-order valence-electron chi connectivity index (χ1n) is 18.8. The molecular weight excluding hydrogens is 648 g/mol. The highest BCUT2D eigenvalue weighted by Crippen LogP contribution is 2.18. The maximum Gasteiger partial charge on any atom is 0.103 e. The summed E-state index contributed by atoms with van der Waals surface area (Å²) < 4.78 is 17.2. The van der Waals surface area contributed by atoms with Gasteiger partial charge in [-0.3, -0.25) is 0 Å². The van der Waals surface area contributed by atoms with Crippen LogP contribution in [0, 0.1) is 0 Å². The van der Waals surface area contributed by atoms with Gasteiger partial charge in [0.15, 0.2) is 0 Å². The lowest BCUT2D eigenvalue weighted by Crippen LogP contribution is -2.44. The van der Waals surface area contributed by atoms with Gasteiger partial charge in [-0.25, -0.2) is 0 Å². The summed E-state index contributed by atoms with van der Waals surface area (Å²) in [6.07, 6.45) is 13.9. The molecule has 0 amide bonds. The fraction of sp³-hybridized carbons (Fsp3) is 0.714. The van der Waals surface area contributed by atoms with Gasteiger partial charge in [0, 0.05) is 12.8 Å². The number of rotatable bonds is 30. The van der Waals surface area contributed by atoms with Crippen LogP contribution >= 0.6 is 0 Å². The highest BCUT2D eigenvalue weighted by atomic mass is 16.5. The van der Waals surface area contributed by atoms with E-state index in [0.29, 0.717) is 13.2 Å². The Bertz CT molecular complexity index is 996. The lowest BCUT2D eigenvalue weighted by atomic mass is 10.0. The smallest absolute Gasteiger partial charge is 0.103 e. The Morgan fingerprint density at radius 2 is 0.784 bits per heavy atom. The molecule has 0 aliphatic rings. The van der Waals surface area contributed by atoms with Gasteiger partial charge >= 0.3 is 0 Å². The molecule has 6 unspecified atom stereocenters. The van der Waals surface area contributed by atoms with E-state index in [1.165, 1.54) is 33.4 Å². The van der Waals surface area contributed by atoms with E-state index < -0.39 is 49.8 Å². The third kappa shape index (κ3) is 28.3. The Morgan fingerprint density at radius 1 is 0.471 bits per heavy atom. The van der Waals surface area contributed by atoms with Crippen LogP contribution in [0.1, 0.15) is 120 Å². The van der Waals surface area contributed by atoms with Crippen molar-refractivity contribution < 1.29 is 44.8 Å². The second-order valence-electron chi connectivity index (χ2n) is 14.5. The van der Waals surface area contributed by atoms with E-state index in [4.69, 9.17) is 14.2 Å². The summed E-state index contributed by atoms with van der Waals surface area (Å²) in [5.74, 6) is 0. The summed E-state index contributed by atoms with van der Waals surface area (Å²) in [5.41, 5.74) is 7.82. The molecule has 296 valence electrons. The summed E-state index contributed by atoms with van der Waals surface area (Å²) >= 11 is 0. The van der Waals surface area contributed by atoms with Crippen LogP contribution in [0.4, 0.5) is 0 Å². The van der Waals surface area contributed by atoms with E-state index in [2.05, 4.69) is 65.8 Å². The molecule has 0 aromatic carbocycles. The standard InChI is InChI=1S/C42H74O9/c1-31(2)13-9-15-33(5)17-11-19-35(7)21-23-49-29-37(45)25-41(39(47)27-43)51-42(40(48)28-44)26-38(46)30-50-24-22-36(8)20-12-18-34(6)16-10-14-32(3)4/h13-14,17-18,21-22,37-48H,9-12,15-16,19-20,23-30H2,1-8H3. The summed E-state index contributed by atoms with van der Waals surface area (Å²) in [5, 5.41) is 61.4. The lowest BCUT2D eigenvalue weighted by molar-refractivity contribution is -0.156. The van der Waals surface area contributed by atoms with Gasteiger partial charge < -0.3 is 44.8 Å². The summed E-state index contributed by atoms with van der Waals surface area (Å²) in [4.78, 5) is 0. The van der Waals surface area contributed by atoms with Gasteiger partial charge in [-0.1, -0.05) is 69.9 Å². The van der Waals surface area contributed by atoms with Crippen molar-refractivity contribution in [1.29, 1.82) is 0 Å². The largest absolute Gasteiger partial charge is 0.394 e. The van der Waals surface area contributed by atoms with Crippen molar-refractivity contribution in [3.05, 3.63) is 69.9 Å². The minimum absolute atomic E-state index is 0.0199. The Kier molecular flexibility index (Phi) is 29.4. The Morgan fingerprint density at radius 3 is 1.10 bits per heavy atom. The highest BCUT2D eigenvalue weighted by molar-refractivity contribution is 5.06. The van der Waals surface area contributed by atoms with Crippen LogP contribution < -0.4 is 0 Å². The number of aliphatic hydroxyl groups excluding tert-OH is 6. The fourth-order valence-electron chi connectivity index (χ4n) is 5.23. The number of ether oxygens (including phenoxy) is 3. The molecule has 0 aliphatic carbocycles. The van der Waals surface area contributed by atoms with E-state index in [1.807, 2.05) is 26.0 Å². The molecule has 0 bridgehead atoms. The van der Waals surface area contributed by atoms with Gasteiger partial charge in [0.05, 0.1) is 64.1 Å². The average molecular weight is 723 g/mol. The molecule has 0 aromatic heterocycles. The lowest BCUT2D eigenvalue weighted by Gasteiger charge is -2.32. The van der Waals surface area contributed by atoms with Gasteiger partial charge in [-0.15, -0.1) is 0 Å². The monoisotopic (exact) mass is 723 g/mol. The topological polar surface area (TPSA) is 149 Å². The van der Waals surface area contributed by atoms with Gasteiger partial charge in [0.25, 0.3) is 0 Å². The number of allylic oxidation sites excluding steroid dienone is 10. The Balaban J connectivity index is 4.81. The normalized spacial score (nSPS) is 16.7. The molecule has 0 aliphatic heterocycles. The maximum atomic E-state index is 10.6. The van der Waals surface area contributed by atoms with E-state index in [-0.39, 0.29) is 26.1 Å². The zero-order valence-electron chi connectivity index (χ0n) is 33.1. The van der Waals surface area contributed by atoms with Gasteiger partial charge in [0.1, 0.15) is 12.2 Å². The average Bonchev–Trinajstić information content (AvgIpc) is 3.06. The summed E-state index contributed by atoms with van der Waals surface area (Å²) in [6, 6.07) is 0. The molecule has 0 saturated heterocycles. The summed E-state index contributed by atoms with van der Waals surface area (Å²) in [7, 11) is 0. The Labute approximate surface area is 310 Å². The SMILES string of the molecule is CC(C)=CCCC(C)=CCCC(C)=CCOCC(O)CC(OC(CC(O)COCC=C(C)CCC=C(C)CCC=C(C)C)C(O)CO)C(O)CO. The van der Waals surface area contributed by atoms with Crippen LogP contribution in [0.5, 0.6) is 0 Å². The second kappa shape index (κ2) is 30.5. The molecular formula is C42H74O9. The van der Waals surface area contributed by atoms with Gasteiger partial charge in [-0.2, -0.15) is 0 Å². The predicted molar refractivity (Wildman–Crippen MR) is 209 cm³/mol. The van der Waals surface area contributed by atoms with Crippen molar-refractivity contribution in [2.24, 2.45) is 0 Å². The third-order valence-electron chi connectivity index (χ3n) is 8.56. The molecule has 6 N–H and O–H groups in total. The first-order valence-corrected chi connectivity index (χ1v) is 18.8. The Hall–Kier alpha value is -1.92. The van der Waals surface area contributed by atoms with Crippen molar-refractivity contribution in [3.8, 4) is 0 Å². The zero-order chi connectivity index (χ0) is 38.6. The molecule has 9 nitrogen and oxygen atoms in total. The number of hydrogen-bond donors (Lipinski definition) is 6. The van der Waals surface area contributed by atoms with E-state index >= 15 is 0 Å². The second-order valence-corrected chi connectivity index (χ2v) is 14.5. The van der Waals surface area contributed by atoms with Gasteiger partial charge in [0.2, 0.25) is 0 Å². The number of hydrogen-bond acceptors (Lipinski definition) is 9. The molecule has 0 saturated carbocycles.